The van der Waals surface area contributed by atoms with Gasteiger partial charge in [-0.15, -0.1) is 0 Å². The molecular weight excluding hydrogens is 275 g/mol. The van der Waals surface area contributed by atoms with E-state index in [1.165, 1.54) is 6.42 Å². The van der Waals surface area contributed by atoms with Gasteiger partial charge in [0.05, 0.1) is 10.6 Å². The first-order valence-corrected chi connectivity index (χ1v) is 6.49. The molecule has 0 aromatic heterocycles. The molecule has 0 saturated heterocycles. The fraction of sp³-hybridized carbons (Fsp3) is 0.500. The Hall–Kier alpha value is -0.0500. The fourth-order valence-corrected chi connectivity index (χ4v) is 3.52. The monoisotopic (exact) mass is 286 g/mol. The standard InChI is InChI=1S/C12H12BrClO/c13-10-5-4-7(6-11(10)14)12(15)8-2-1-3-9(8)12/h4-6,8-9,15H,1-3H2. The Morgan fingerprint density at radius 3 is 2.60 bits per heavy atom. The van der Waals surface area contributed by atoms with Crippen LogP contribution >= 0.6 is 27.5 Å². The number of benzene rings is 1. The van der Waals surface area contributed by atoms with Crippen molar-refractivity contribution in [3.63, 3.8) is 0 Å². The summed E-state index contributed by atoms with van der Waals surface area (Å²) < 4.78 is 0.891. The van der Waals surface area contributed by atoms with Crippen molar-refractivity contribution in [2.75, 3.05) is 0 Å². The van der Waals surface area contributed by atoms with Crippen LogP contribution in [0.1, 0.15) is 24.8 Å². The van der Waals surface area contributed by atoms with E-state index in [2.05, 4.69) is 15.9 Å². The quantitative estimate of drug-likeness (QED) is 0.834. The number of rotatable bonds is 1. The van der Waals surface area contributed by atoms with Gasteiger partial charge < -0.3 is 5.11 Å². The van der Waals surface area contributed by atoms with E-state index in [9.17, 15) is 5.11 Å². The lowest BCUT2D eigenvalue weighted by Crippen LogP contribution is -2.12. The normalized spacial score (nSPS) is 37.8. The lowest BCUT2D eigenvalue weighted by molar-refractivity contribution is 0.105. The van der Waals surface area contributed by atoms with Crippen molar-refractivity contribution in [1.29, 1.82) is 0 Å². The van der Waals surface area contributed by atoms with Crippen LogP contribution in [0.25, 0.3) is 0 Å². The van der Waals surface area contributed by atoms with Crippen LogP contribution in [0.15, 0.2) is 22.7 Å². The summed E-state index contributed by atoms with van der Waals surface area (Å²) in [4.78, 5) is 0. The van der Waals surface area contributed by atoms with Crippen LogP contribution in [-0.4, -0.2) is 5.11 Å². The van der Waals surface area contributed by atoms with Gasteiger partial charge in [-0.3, -0.25) is 0 Å². The maximum absolute atomic E-state index is 10.5. The molecule has 3 rings (SSSR count). The molecule has 2 atom stereocenters. The highest BCUT2D eigenvalue weighted by Gasteiger charge is 2.66. The predicted octanol–water partition coefficient (Wildman–Crippen LogP) is 3.72. The number of hydrogen-bond donors (Lipinski definition) is 1. The molecule has 0 radical (unpaired) electrons. The summed E-state index contributed by atoms with van der Waals surface area (Å²) in [6.07, 6.45) is 3.59. The lowest BCUT2D eigenvalue weighted by atomic mass is 9.99. The van der Waals surface area contributed by atoms with E-state index in [4.69, 9.17) is 11.6 Å². The SMILES string of the molecule is OC1(c2ccc(Br)c(Cl)c2)C2CCCC21. The Kier molecular flexibility index (Phi) is 2.17. The van der Waals surface area contributed by atoms with Crippen molar-refractivity contribution in [3.05, 3.63) is 33.3 Å². The Morgan fingerprint density at radius 2 is 2.00 bits per heavy atom. The van der Waals surface area contributed by atoms with Gasteiger partial charge in [0, 0.05) is 4.47 Å². The van der Waals surface area contributed by atoms with Crippen molar-refractivity contribution >= 4 is 27.5 Å². The predicted molar refractivity (Wildman–Crippen MR) is 63.9 cm³/mol. The lowest BCUT2D eigenvalue weighted by Gasteiger charge is -2.15. The van der Waals surface area contributed by atoms with Crippen LogP contribution in [0.2, 0.25) is 5.02 Å². The van der Waals surface area contributed by atoms with Crippen LogP contribution in [0.5, 0.6) is 0 Å². The second-order valence-electron chi connectivity index (χ2n) is 4.60. The Labute approximate surface area is 103 Å². The van der Waals surface area contributed by atoms with Gasteiger partial charge in [0.2, 0.25) is 0 Å². The van der Waals surface area contributed by atoms with Crippen LogP contribution in [0, 0.1) is 11.8 Å². The van der Waals surface area contributed by atoms with Crippen LogP contribution in [0.4, 0.5) is 0 Å². The summed E-state index contributed by atoms with van der Waals surface area (Å²) in [5, 5.41) is 11.2. The van der Waals surface area contributed by atoms with Crippen molar-refractivity contribution < 1.29 is 5.11 Å². The second kappa shape index (κ2) is 3.22. The van der Waals surface area contributed by atoms with Gasteiger partial charge in [-0.05, 0) is 58.3 Å². The van der Waals surface area contributed by atoms with E-state index in [0.29, 0.717) is 16.9 Å². The first-order chi connectivity index (χ1) is 7.14. The molecule has 0 aliphatic heterocycles. The minimum atomic E-state index is -0.567. The maximum Gasteiger partial charge on any atom is 0.0960 e. The molecule has 1 aromatic rings. The average Bonchev–Trinajstić information content (AvgIpc) is 2.66. The minimum Gasteiger partial charge on any atom is -0.385 e. The summed E-state index contributed by atoms with van der Waals surface area (Å²) in [5.41, 5.74) is 0.424. The molecule has 2 fully saturated rings. The Morgan fingerprint density at radius 1 is 1.33 bits per heavy atom. The summed E-state index contributed by atoms with van der Waals surface area (Å²) in [7, 11) is 0. The van der Waals surface area contributed by atoms with E-state index in [1.54, 1.807) is 0 Å². The van der Waals surface area contributed by atoms with Gasteiger partial charge in [-0.2, -0.15) is 0 Å². The van der Waals surface area contributed by atoms with Gasteiger partial charge >= 0.3 is 0 Å². The van der Waals surface area contributed by atoms with E-state index in [0.717, 1.165) is 22.9 Å². The maximum atomic E-state index is 10.5. The molecule has 2 saturated carbocycles. The molecular formula is C12H12BrClO. The van der Waals surface area contributed by atoms with Crippen LogP contribution in [-0.2, 0) is 5.60 Å². The Bertz CT molecular complexity index is 408. The molecule has 2 aliphatic carbocycles. The van der Waals surface area contributed by atoms with Crippen LogP contribution in [0.3, 0.4) is 0 Å². The fourth-order valence-electron chi connectivity index (χ4n) is 3.10. The van der Waals surface area contributed by atoms with Gasteiger partial charge in [0.25, 0.3) is 0 Å². The average molecular weight is 288 g/mol. The molecule has 1 aromatic carbocycles. The summed E-state index contributed by atoms with van der Waals surface area (Å²) in [6.45, 7) is 0. The zero-order chi connectivity index (χ0) is 10.6. The molecule has 15 heavy (non-hydrogen) atoms. The molecule has 1 nitrogen and oxygen atoms in total. The third kappa shape index (κ3) is 1.31. The summed E-state index contributed by atoms with van der Waals surface area (Å²) in [5.74, 6) is 0.962. The van der Waals surface area contributed by atoms with Gasteiger partial charge in [-0.25, -0.2) is 0 Å². The molecule has 3 heteroatoms. The topological polar surface area (TPSA) is 20.2 Å². The van der Waals surface area contributed by atoms with Crippen molar-refractivity contribution in [1.82, 2.24) is 0 Å². The van der Waals surface area contributed by atoms with E-state index < -0.39 is 5.60 Å². The first-order valence-electron chi connectivity index (χ1n) is 5.32. The highest BCUT2D eigenvalue weighted by atomic mass is 79.9. The molecule has 0 amide bonds. The highest BCUT2D eigenvalue weighted by Crippen LogP contribution is 2.66. The zero-order valence-corrected chi connectivity index (χ0v) is 10.6. The van der Waals surface area contributed by atoms with E-state index in [-0.39, 0.29) is 0 Å². The number of hydrogen-bond acceptors (Lipinski definition) is 1. The number of aliphatic hydroxyl groups is 1. The smallest absolute Gasteiger partial charge is 0.0960 e. The first kappa shape index (κ1) is 10.1. The third-order valence-electron chi connectivity index (χ3n) is 3.92. The second-order valence-corrected chi connectivity index (χ2v) is 5.86. The number of halogens is 2. The highest BCUT2D eigenvalue weighted by molar-refractivity contribution is 9.10. The summed E-state index contributed by atoms with van der Waals surface area (Å²) in [6, 6.07) is 5.79. The Balaban J connectivity index is 1.97. The molecule has 0 bridgehead atoms. The number of fused-ring (bicyclic) bond motifs is 1. The van der Waals surface area contributed by atoms with Crippen molar-refractivity contribution in [2.45, 2.75) is 24.9 Å². The molecule has 80 valence electrons. The molecule has 2 aliphatic rings. The zero-order valence-electron chi connectivity index (χ0n) is 8.21. The van der Waals surface area contributed by atoms with E-state index >= 15 is 0 Å². The molecule has 0 heterocycles. The summed E-state index contributed by atoms with van der Waals surface area (Å²) >= 11 is 9.41. The van der Waals surface area contributed by atoms with E-state index in [1.807, 2.05) is 18.2 Å². The van der Waals surface area contributed by atoms with Gasteiger partial charge in [0.1, 0.15) is 0 Å². The minimum absolute atomic E-state index is 0.481. The van der Waals surface area contributed by atoms with Crippen molar-refractivity contribution in [3.8, 4) is 0 Å². The molecule has 1 N–H and O–H groups in total. The largest absolute Gasteiger partial charge is 0.385 e. The van der Waals surface area contributed by atoms with Crippen molar-refractivity contribution in [2.24, 2.45) is 11.8 Å². The van der Waals surface area contributed by atoms with Gasteiger partial charge in [0.15, 0.2) is 0 Å². The molecule has 0 spiro atoms. The third-order valence-corrected chi connectivity index (χ3v) is 5.15. The molecule has 2 unspecified atom stereocenters. The van der Waals surface area contributed by atoms with Gasteiger partial charge in [-0.1, -0.05) is 24.1 Å². The van der Waals surface area contributed by atoms with Crippen LogP contribution < -0.4 is 0 Å².